The fourth-order valence-corrected chi connectivity index (χ4v) is 2.66. The molecule has 128 valence electrons. The summed E-state index contributed by atoms with van der Waals surface area (Å²) in [5.41, 5.74) is 0.881. The van der Waals surface area contributed by atoms with Gasteiger partial charge >= 0.3 is 0 Å². The monoisotopic (exact) mass is 330 g/mol. The van der Waals surface area contributed by atoms with Gasteiger partial charge in [-0.2, -0.15) is 0 Å². The number of carbonyl (C=O) groups excluding carboxylic acids is 1. The highest BCUT2D eigenvalue weighted by Crippen LogP contribution is 2.22. The number of nitrogens with zero attached hydrogens (tertiary/aromatic N) is 3. The van der Waals surface area contributed by atoms with Gasteiger partial charge in [0.25, 0.3) is 0 Å². The molecule has 1 fully saturated rings. The van der Waals surface area contributed by atoms with E-state index < -0.39 is 0 Å². The van der Waals surface area contributed by atoms with E-state index in [1.54, 1.807) is 20.4 Å². The van der Waals surface area contributed by atoms with Crippen LogP contribution in [0.25, 0.3) is 10.9 Å². The number of fused-ring (bicyclic) bond motifs is 1. The van der Waals surface area contributed by atoms with E-state index in [4.69, 9.17) is 9.47 Å². The van der Waals surface area contributed by atoms with Crippen molar-refractivity contribution >= 4 is 22.6 Å². The molecule has 1 aromatic heterocycles. The smallest absolute Gasteiger partial charge is 0.248 e. The van der Waals surface area contributed by atoms with Crippen LogP contribution in [0.1, 0.15) is 6.42 Å². The van der Waals surface area contributed by atoms with E-state index in [-0.39, 0.29) is 24.7 Å². The highest BCUT2D eigenvalue weighted by atomic mass is 16.5. The van der Waals surface area contributed by atoms with Crippen LogP contribution in [0.2, 0.25) is 0 Å². The van der Waals surface area contributed by atoms with E-state index in [0.29, 0.717) is 13.2 Å². The predicted octanol–water partition coefficient (Wildman–Crippen LogP) is 1.30. The quantitative estimate of drug-likeness (QED) is 0.891. The van der Waals surface area contributed by atoms with Crippen LogP contribution in [0.5, 0.6) is 0 Å². The van der Waals surface area contributed by atoms with Crippen molar-refractivity contribution < 1.29 is 14.3 Å². The number of likely N-dealkylation sites (N-methyl/N-ethyl adjacent to an activating group) is 1. The molecule has 7 heteroatoms. The standard InChI is InChI=1S/C17H22N4O3/c1-21(2)16(22)10-24-15-7-8-23-9-14(15)20-17-12-5-3-4-6-13(12)18-11-19-17/h3-6,11,14-15H,7-10H2,1-2H3,(H,18,19,20)/t14-,15+/m1/s1. The summed E-state index contributed by atoms with van der Waals surface area (Å²) < 4.78 is 11.4. The fraction of sp³-hybridized carbons (Fsp3) is 0.471. The van der Waals surface area contributed by atoms with Gasteiger partial charge in [0.2, 0.25) is 5.91 Å². The first-order valence-corrected chi connectivity index (χ1v) is 8.01. The summed E-state index contributed by atoms with van der Waals surface area (Å²) >= 11 is 0. The molecule has 0 bridgehead atoms. The lowest BCUT2D eigenvalue weighted by Crippen LogP contribution is -2.45. The second kappa shape index (κ2) is 7.55. The Balaban J connectivity index is 1.72. The summed E-state index contributed by atoms with van der Waals surface area (Å²) in [4.78, 5) is 21.9. The van der Waals surface area contributed by atoms with Gasteiger partial charge in [-0.05, 0) is 18.6 Å². The van der Waals surface area contributed by atoms with Crippen molar-refractivity contribution in [2.45, 2.75) is 18.6 Å². The third kappa shape index (κ3) is 3.80. The molecule has 1 aromatic carbocycles. The highest BCUT2D eigenvalue weighted by Gasteiger charge is 2.28. The Morgan fingerprint density at radius 2 is 2.21 bits per heavy atom. The molecule has 0 radical (unpaired) electrons. The third-order valence-electron chi connectivity index (χ3n) is 4.08. The number of benzene rings is 1. The number of hydrogen-bond acceptors (Lipinski definition) is 6. The lowest BCUT2D eigenvalue weighted by Gasteiger charge is -2.32. The molecule has 24 heavy (non-hydrogen) atoms. The second-order valence-electron chi connectivity index (χ2n) is 5.99. The lowest BCUT2D eigenvalue weighted by atomic mass is 10.1. The van der Waals surface area contributed by atoms with E-state index in [9.17, 15) is 4.79 Å². The molecule has 2 aromatic rings. The summed E-state index contributed by atoms with van der Waals surface area (Å²) in [6, 6.07) is 7.77. The van der Waals surface area contributed by atoms with Gasteiger partial charge in [0.05, 0.1) is 24.3 Å². The zero-order chi connectivity index (χ0) is 16.9. The first kappa shape index (κ1) is 16.6. The van der Waals surface area contributed by atoms with Crippen molar-refractivity contribution in [3.8, 4) is 0 Å². The molecule has 3 rings (SSSR count). The summed E-state index contributed by atoms with van der Waals surface area (Å²) in [5.74, 6) is 0.705. The maximum Gasteiger partial charge on any atom is 0.248 e. The summed E-state index contributed by atoms with van der Waals surface area (Å²) in [5, 5.41) is 4.35. The van der Waals surface area contributed by atoms with Crippen molar-refractivity contribution in [3.05, 3.63) is 30.6 Å². The maximum absolute atomic E-state index is 11.8. The molecule has 1 amide bonds. The summed E-state index contributed by atoms with van der Waals surface area (Å²) in [6.07, 6.45) is 2.18. The van der Waals surface area contributed by atoms with Crippen LogP contribution >= 0.6 is 0 Å². The van der Waals surface area contributed by atoms with Crippen molar-refractivity contribution in [2.75, 3.05) is 39.2 Å². The largest absolute Gasteiger partial charge is 0.379 e. The number of amides is 1. The van der Waals surface area contributed by atoms with E-state index >= 15 is 0 Å². The molecular weight excluding hydrogens is 308 g/mol. The van der Waals surface area contributed by atoms with Crippen LogP contribution < -0.4 is 5.32 Å². The molecule has 7 nitrogen and oxygen atoms in total. The van der Waals surface area contributed by atoms with Gasteiger partial charge in [0.1, 0.15) is 18.8 Å². The number of hydrogen-bond donors (Lipinski definition) is 1. The zero-order valence-corrected chi connectivity index (χ0v) is 13.9. The number of aromatic nitrogens is 2. The van der Waals surface area contributed by atoms with Crippen molar-refractivity contribution in [2.24, 2.45) is 0 Å². The molecule has 1 saturated heterocycles. The average Bonchev–Trinajstić information content (AvgIpc) is 2.61. The molecule has 0 unspecified atom stereocenters. The fourth-order valence-electron chi connectivity index (χ4n) is 2.66. The van der Waals surface area contributed by atoms with Gasteiger partial charge in [-0.15, -0.1) is 0 Å². The Labute approximate surface area is 141 Å². The number of para-hydroxylation sites is 1. The Morgan fingerprint density at radius 3 is 3.04 bits per heavy atom. The second-order valence-corrected chi connectivity index (χ2v) is 5.99. The van der Waals surface area contributed by atoms with Crippen LogP contribution in [-0.4, -0.2) is 66.8 Å². The Bertz CT molecular complexity index is 702. The van der Waals surface area contributed by atoms with Crippen LogP contribution in [0, 0.1) is 0 Å². The van der Waals surface area contributed by atoms with E-state index in [1.807, 2.05) is 24.3 Å². The van der Waals surface area contributed by atoms with E-state index in [0.717, 1.165) is 23.1 Å². The Hall–Kier alpha value is -2.25. The number of ether oxygens (including phenoxy) is 2. The Morgan fingerprint density at radius 1 is 1.38 bits per heavy atom. The van der Waals surface area contributed by atoms with E-state index in [2.05, 4.69) is 15.3 Å². The summed E-state index contributed by atoms with van der Waals surface area (Å²) in [6.45, 7) is 1.21. The SMILES string of the molecule is CN(C)C(=O)CO[C@H]1CCOC[C@H]1Nc1ncnc2ccccc12. The normalized spacial score (nSPS) is 20.8. The molecule has 0 spiro atoms. The molecular formula is C17H22N4O3. The van der Waals surface area contributed by atoms with Crippen LogP contribution in [-0.2, 0) is 14.3 Å². The predicted molar refractivity (Wildman–Crippen MR) is 90.8 cm³/mol. The molecule has 0 aliphatic carbocycles. The average molecular weight is 330 g/mol. The maximum atomic E-state index is 11.8. The Kier molecular flexibility index (Phi) is 5.22. The van der Waals surface area contributed by atoms with Gasteiger partial charge in [0, 0.05) is 26.1 Å². The van der Waals surface area contributed by atoms with Crippen LogP contribution in [0.3, 0.4) is 0 Å². The highest BCUT2D eigenvalue weighted by molar-refractivity contribution is 5.88. The molecule has 1 aliphatic heterocycles. The minimum Gasteiger partial charge on any atom is -0.379 e. The zero-order valence-electron chi connectivity index (χ0n) is 13.9. The topological polar surface area (TPSA) is 76.6 Å². The van der Waals surface area contributed by atoms with Crippen molar-refractivity contribution in [1.82, 2.24) is 14.9 Å². The number of anilines is 1. The lowest BCUT2D eigenvalue weighted by molar-refractivity contribution is -0.138. The molecule has 0 saturated carbocycles. The first-order chi connectivity index (χ1) is 11.6. The first-order valence-electron chi connectivity index (χ1n) is 8.01. The minimum absolute atomic E-state index is 0.0484. The van der Waals surface area contributed by atoms with Crippen LogP contribution in [0.4, 0.5) is 5.82 Å². The number of carbonyl (C=O) groups is 1. The third-order valence-corrected chi connectivity index (χ3v) is 4.08. The molecule has 2 atom stereocenters. The molecule has 2 heterocycles. The number of rotatable bonds is 5. The van der Waals surface area contributed by atoms with Crippen molar-refractivity contribution in [3.63, 3.8) is 0 Å². The van der Waals surface area contributed by atoms with Gasteiger partial charge in [-0.3, -0.25) is 4.79 Å². The molecule has 1 N–H and O–H groups in total. The van der Waals surface area contributed by atoms with E-state index in [1.165, 1.54) is 4.90 Å². The minimum atomic E-state index is -0.101. The summed E-state index contributed by atoms with van der Waals surface area (Å²) in [7, 11) is 3.44. The van der Waals surface area contributed by atoms with Gasteiger partial charge in [0.15, 0.2) is 0 Å². The van der Waals surface area contributed by atoms with Gasteiger partial charge < -0.3 is 19.7 Å². The number of nitrogens with one attached hydrogen (secondary N) is 1. The van der Waals surface area contributed by atoms with Crippen molar-refractivity contribution in [1.29, 1.82) is 0 Å². The van der Waals surface area contributed by atoms with Gasteiger partial charge in [-0.25, -0.2) is 9.97 Å². The molecule has 1 aliphatic rings. The van der Waals surface area contributed by atoms with Crippen LogP contribution in [0.15, 0.2) is 30.6 Å². The van der Waals surface area contributed by atoms with Gasteiger partial charge in [-0.1, -0.05) is 12.1 Å².